The number of hydrogen-bond donors (Lipinski definition) is 2. The van der Waals surface area contributed by atoms with E-state index in [4.69, 9.17) is 5.84 Å². The number of rotatable bonds is 3. The second kappa shape index (κ2) is 6.24. The normalized spacial score (nSPS) is 20.0. The topological polar surface area (TPSA) is 61.6 Å². The van der Waals surface area contributed by atoms with Gasteiger partial charge in [-0.2, -0.15) is 0 Å². The van der Waals surface area contributed by atoms with Crippen LogP contribution in [0, 0.1) is 6.92 Å². The van der Waals surface area contributed by atoms with Gasteiger partial charge in [-0.1, -0.05) is 13.0 Å². The number of amides is 1. The van der Waals surface area contributed by atoms with Gasteiger partial charge in [-0.05, 0) is 38.1 Å². The molecule has 0 aromatic heterocycles. The third kappa shape index (κ3) is 2.94. The smallest absolute Gasteiger partial charge is 0.256 e. The predicted molar refractivity (Wildman–Crippen MR) is 81.6 cm³/mol. The van der Waals surface area contributed by atoms with E-state index in [1.54, 1.807) is 0 Å². The number of hydrogen-bond acceptors (Lipinski definition) is 4. The molecule has 1 aromatic rings. The van der Waals surface area contributed by atoms with Crippen molar-refractivity contribution in [1.29, 1.82) is 0 Å². The molecule has 1 heterocycles. The van der Waals surface area contributed by atoms with Gasteiger partial charge in [-0.15, -0.1) is 0 Å². The maximum atomic E-state index is 12.6. The summed E-state index contributed by atoms with van der Waals surface area (Å²) >= 11 is 0. The molecule has 1 aromatic carbocycles. The van der Waals surface area contributed by atoms with Crippen LogP contribution < -0.4 is 11.3 Å². The molecule has 20 heavy (non-hydrogen) atoms. The molecule has 5 heteroatoms. The van der Waals surface area contributed by atoms with Crippen LogP contribution in [0.5, 0.6) is 0 Å². The van der Waals surface area contributed by atoms with Gasteiger partial charge < -0.3 is 10.3 Å². The number of nitrogens with zero attached hydrogens (tertiary/aromatic N) is 2. The highest BCUT2D eigenvalue weighted by atomic mass is 16.2. The van der Waals surface area contributed by atoms with Gasteiger partial charge in [0, 0.05) is 25.7 Å². The number of piperazine rings is 1. The lowest BCUT2D eigenvalue weighted by molar-refractivity contribution is 0.0529. The van der Waals surface area contributed by atoms with E-state index in [0.717, 1.165) is 31.7 Å². The zero-order chi connectivity index (χ0) is 14.7. The van der Waals surface area contributed by atoms with Crippen LogP contribution in [0.2, 0.25) is 0 Å². The molecule has 0 spiro atoms. The Hall–Kier alpha value is -1.59. The van der Waals surface area contributed by atoms with Gasteiger partial charge >= 0.3 is 0 Å². The Morgan fingerprint density at radius 2 is 2.20 bits per heavy atom. The summed E-state index contributed by atoms with van der Waals surface area (Å²) in [6, 6.07) is 6.10. The molecule has 0 saturated carbocycles. The van der Waals surface area contributed by atoms with Crippen LogP contribution in [-0.2, 0) is 0 Å². The zero-order valence-corrected chi connectivity index (χ0v) is 12.5. The molecule has 1 unspecified atom stereocenters. The Morgan fingerprint density at radius 1 is 1.45 bits per heavy atom. The summed E-state index contributed by atoms with van der Waals surface area (Å²) < 4.78 is 0. The number of hydrazine groups is 1. The third-order valence-corrected chi connectivity index (χ3v) is 4.02. The second-order valence-corrected chi connectivity index (χ2v) is 5.42. The van der Waals surface area contributed by atoms with Crippen LogP contribution in [0.1, 0.15) is 29.8 Å². The second-order valence-electron chi connectivity index (χ2n) is 5.42. The molecule has 1 saturated heterocycles. The van der Waals surface area contributed by atoms with E-state index >= 15 is 0 Å². The van der Waals surface area contributed by atoms with Crippen LogP contribution in [0.15, 0.2) is 18.2 Å². The van der Waals surface area contributed by atoms with Crippen molar-refractivity contribution in [2.24, 2.45) is 5.84 Å². The minimum absolute atomic E-state index is 0.0561. The first kappa shape index (κ1) is 14.8. The molecule has 1 aliphatic rings. The number of carbonyl (C=O) groups excluding carboxylic acids is 1. The van der Waals surface area contributed by atoms with Crippen LogP contribution >= 0.6 is 0 Å². The standard InChI is InChI=1S/C15H24N4O/c1-4-18-7-8-19(10-12(18)3)15(20)13-6-5-11(2)9-14(13)17-16/h5-6,9,12,17H,4,7-8,10,16H2,1-3H3. The summed E-state index contributed by atoms with van der Waals surface area (Å²) in [6.45, 7) is 9.81. The van der Waals surface area contributed by atoms with Crippen molar-refractivity contribution in [2.45, 2.75) is 26.8 Å². The van der Waals surface area contributed by atoms with Gasteiger partial charge in [0.2, 0.25) is 0 Å². The highest BCUT2D eigenvalue weighted by Gasteiger charge is 2.27. The Balaban J connectivity index is 2.16. The summed E-state index contributed by atoms with van der Waals surface area (Å²) in [5.41, 5.74) is 5.06. The molecule has 0 radical (unpaired) electrons. The van der Waals surface area contributed by atoms with E-state index in [9.17, 15) is 4.79 Å². The van der Waals surface area contributed by atoms with Crippen molar-refractivity contribution < 1.29 is 4.79 Å². The molecule has 110 valence electrons. The van der Waals surface area contributed by atoms with Gasteiger partial charge in [0.1, 0.15) is 0 Å². The zero-order valence-electron chi connectivity index (χ0n) is 12.5. The molecule has 2 rings (SSSR count). The highest BCUT2D eigenvalue weighted by Crippen LogP contribution is 2.20. The molecule has 1 fully saturated rings. The van der Waals surface area contributed by atoms with Crippen LogP contribution in [0.4, 0.5) is 5.69 Å². The van der Waals surface area contributed by atoms with Crippen molar-refractivity contribution in [3.63, 3.8) is 0 Å². The van der Waals surface area contributed by atoms with Crippen molar-refractivity contribution in [2.75, 3.05) is 31.6 Å². The largest absolute Gasteiger partial charge is 0.336 e. The fraction of sp³-hybridized carbons (Fsp3) is 0.533. The average Bonchev–Trinajstić information content (AvgIpc) is 2.46. The highest BCUT2D eigenvalue weighted by molar-refractivity contribution is 5.99. The minimum Gasteiger partial charge on any atom is -0.336 e. The lowest BCUT2D eigenvalue weighted by Crippen LogP contribution is -2.53. The Kier molecular flexibility index (Phi) is 4.62. The molecule has 1 aliphatic heterocycles. The number of carbonyl (C=O) groups is 1. The average molecular weight is 276 g/mol. The maximum Gasteiger partial charge on any atom is 0.256 e. The molecule has 5 nitrogen and oxygen atoms in total. The first-order valence-corrected chi connectivity index (χ1v) is 7.17. The van der Waals surface area contributed by atoms with Gasteiger partial charge in [-0.3, -0.25) is 15.5 Å². The Morgan fingerprint density at radius 3 is 2.80 bits per heavy atom. The lowest BCUT2D eigenvalue weighted by atomic mass is 10.1. The molecule has 0 bridgehead atoms. The SMILES string of the molecule is CCN1CCN(C(=O)c2ccc(C)cc2NN)CC1C. The number of anilines is 1. The molecule has 0 aliphatic carbocycles. The van der Waals surface area contributed by atoms with E-state index in [1.165, 1.54) is 0 Å². The fourth-order valence-corrected chi connectivity index (χ4v) is 2.78. The van der Waals surface area contributed by atoms with Crippen LogP contribution in [0.25, 0.3) is 0 Å². The number of nitrogen functional groups attached to an aromatic ring is 1. The quantitative estimate of drug-likeness (QED) is 0.648. The number of likely N-dealkylation sites (N-methyl/N-ethyl adjacent to an activating group) is 1. The fourth-order valence-electron chi connectivity index (χ4n) is 2.78. The van der Waals surface area contributed by atoms with E-state index < -0.39 is 0 Å². The lowest BCUT2D eigenvalue weighted by Gasteiger charge is -2.39. The van der Waals surface area contributed by atoms with Gasteiger partial charge in [0.05, 0.1) is 11.3 Å². The van der Waals surface area contributed by atoms with Crippen LogP contribution in [0.3, 0.4) is 0 Å². The van der Waals surface area contributed by atoms with Crippen LogP contribution in [-0.4, -0.2) is 47.9 Å². The summed E-state index contributed by atoms with van der Waals surface area (Å²) in [5.74, 6) is 5.58. The molecular formula is C15H24N4O. The number of nitrogens with one attached hydrogen (secondary N) is 1. The van der Waals surface area contributed by atoms with Crippen molar-refractivity contribution >= 4 is 11.6 Å². The van der Waals surface area contributed by atoms with E-state index in [1.807, 2.05) is 30.0 Å². The molecule has 1 amide bonds. The summed E-state index contributed by atoms with van der Waals surface area (Å²) in [4.78, 5) is 17.0. The predicted octanol–water partition coefficient (Wildman–Crippen LogP) is 1.45. The maximum absolute atomic E-state index is 12.6. The first-order valence-electron chi connectivity index (χ1n) is 7.17. The van der Waals surface area contributed by atoms with Gasteiger partial charge in [0.15, 0.2) is 0 Å². The number of benzene rings is 1. The molecular weight excluding hydrogens is 252 g/mol. The van der Waals surface area contributed by atoms with E-state index in [0.29, 0.717) is 17.3 Å². The van der Waals surface area contributed by atoms with Crippen molar-refractivity contribution in [3.05, 3.63) is 29.3 Å². The summed E-state index contributed by atoms with van der Waals surface area (Å²) in [6.07, 6.45) is 0. The van der Waals surface area contributed by atoms with E-state index in [2.05, 4.69) is 24.2 Å². The minimum atomic E-state index is 0.0561. The number of nitrogens with two attached hydrogens (primary N) is 1. The first-order chi connectivity index (χ1) is 9.56. The Labute approximate surface area is 120 Å². The third-order valence-electron chi connectivity index (χ3n) is 4.02. The van der Waals surface area contributed by atoms with Gasteiger partial charge in [0.25, 0.3) is 5.91 Å². The van der Waals surface area contributed by atoms with Crippen molar-refractivity contribution in [1.82, 2.24) is 9.80 Å². The van der Waals surface area contributed by atoms with E-state index in [-0.39, 0.29) is 5.91 Å². The van der Waals surface area contributed by atoms with Crippen molar-refractivity contribution in [3.8, 4) is 0 Å². The molecule has 3 N–H and O–H groups in total. The number of aryl methyl sites for hydroxylation is 1. The van der Waals surface area contributed by atoms with Gasteiger partial charge in [-0.25, -0.2) is 0 Å². The Bertz CT molecular complexity index is 489. The monoisotopic (exact) mass is 276 g/mol. The molecule has 1 atom stereocenters. The summed E-state index contributed by atoms with van der Waals surface area (Å²) in [7, 11) is 0. The summed E-state index contributed by atoms with van der Waals surface area (Å²) in [5, 5.41) is 0.